The molecule has 172 valence electrons. The van der Waals surface area contributed by atoms with Crippen LogP contribution >= 0.6 is 23.4 Å². The molecule has 3 heterocycles. The fourth-order valence-corrected chi connectivity index (χ4v) is 4.96. The highest BCUT2D eigenvalue weighted by atomic mass is 35.5. The van der Waals surface area contributed by atoms with Crippen LogP contribution in [0.3, 0.4) is 0 Å². The van der Waals surface area contributed by atoms with E-state index in [-0.39, 0.29) is 5.91 Å². The van der Waals surface area contributed by atoms with E-state index in [9.17, 15) is 4.79 Å². The van der Waals surface area contributed by atoms with Crippen molar-refractivity contribution in [3.63, 3.8) is 0 Å². The Morgan fingerprint density at radius 2 is 1.85 bits per heavy atom. The van der Waals surface area contributed by atoms with Crippen LogP contribution in [0.1, 0.15) is 19.8 Å². The molecule has 33 heavy (non-hydrogen) atoms. The van der Waals surface area contributed by atoms with Crippen molar-refractivity contribution < 1.29 is 14.3 Å². The number of thioether (sulfide) groups is 1. The molecule has 10 heteroatoms. The van der Waals surface area contributed by atoms with Gasteiger partial charge in [-0.1, -0.05) is 35.5 Å². The average Bonchev–Trinajstić information content (AvgIpc) is 3.49. The topological polar surface area (TPSA) is 81.5 Å². The summed E-state index contributed by atoms with van der Waals surface area (Å²) in [5, 5.41) is 12.6. The number of benzene rings is 2. The number of rotatable bonds is 6. The lowest BCUT2D eigenvalue weighted by Crippen LogP contribution is -2.24. The number of anilines is 2. The Hall–Kier alpha value is -2.91. The minimum absolute atomic E-state index is 0.145. The Bertz CT molecular complexity index is 1160. The zero-order valence-corrected chi connectivity index (χ0v) is 19.7. The summed E-state index contributed by atoms with van der Waals surface area (Å²) < 4.78 is 13.1. The molecular formula is C23H24ClN5O3S. The molecule has 8 nitrogen and oxygen atoms in total. The van der Waals surface area contributed by atoms with Crippen molar-refractivity contribution in [3.05, 3.63) is 47.5 Å². The molecule has 5 rings (SSSR count). The van der Waals surface area contributed by atoms with E-state index < -0.39 is 5.25 Å². The minimum atomic E-state index is -0.421. The third kappa shape index (κ3) is 4.60. The van der Waals surface area contributed by atoms with Crippen molar-refractivity contribution in [1.29, 1.82) is 0 Å². The lowest BCUT2D eigenvalue weighted by Gasteiger charge is -2.20. The molecule has 0 saturated carbocycles. The average molecular weight is 486 g/mol. The van der Waals surface area contributed by atoms with Gasteiger partial charge in [0.05, 0.1) is 16.0 Å². The molecule has 0 bridgehead atoms. The fraction of sp³-hybridized carbons (Fsp3) is 0.348. The highest BCUT2D eigenvalue weighted by Crippen LogP contribution is 2.35. The third-order valence-electron chi connectivity index (χ3n) is 5.56. The summed E-state index contributed by atoms with van der Waals surface area (Å²) in [6.45, 7) is 4.71. The van der Waals surface area contributed by atoms with Gasteiger partial charge in [-0.05, 0) is 44.0 Å². The summed E-state index contributed by atoms with van der Waals surface area (Å²) >= 11 is 7.87. The number of aromatic nitrogens is 3. The molecule has 3 aromatic rings. The van der Waals surface area contributed by atoms with E-state index in [1.54, 1.807) is 18.2 Å². The number of halogens is 1. The Morgan fingerprint density at radius 1 is 1.09 bits per heavy atom. The van der Waals surface area contributed by atoms with Crippen LogP contribution in [0, 0.1) is 0 Å². The van der Waals surface area contributed by atoms with Gasteiger partial charge in [0.1, 0.15) is 13.2 Å². The van der Waals surface area contributed by atoms with Crippen molar-refractivity contribution in [1.82, 2.24) is 14.8 Å². The van der Waals surface area contributed by atoms with Crippen LogP contribution in [-0.4, -0.2) is 52.2 Å². The monoisotopic (exact) mass is 485 g/mol. The van der Waals surface area contributed by atoms with Gasteiger partial charge in [-0.3, -0.25) is 9.36 Å². The van der Waals surface area contributed by atoms with Gasteiger partial charge in [0, 0.05) is 24.8 Å². The third-order valence-corrected chi connectivity index (χ3v) is 6.92. The Kier molecular flexibility index (Phi) is 6.32. The number of carbonyl (C=O) groups is 1. The first-order valence-electron chi connectivity index (χ1n) is 10.9. The molecule has 0 radical (unpaired) electrons. The molecular weight excluding hydrogens is 462 g/mol. The largest absolute Gasteiger partial charge is 0.486 e. The van der Waals surface area contributed by atoms with Gasteiger partial charge in [-0.2, -0.15) is 0 Å². The number of fused-ring (bicyclic) bond motifs is 1. The molecule has 2 aliphatic heterocycles. The quantitative estimate of drug-likeness (QED) is 0.518. The highest BCUT2D eigenvalue weighted by Gasteiger charge is 2.26. The zero-order chi connectivity index (χ0) is 22.8. The summed E-state index contributed by atoms with van der Waals surface area (Å²) in [5.41, 5.74) is 1.45. The Morgan fingerprint density at radius 3 is 2.64 bits per heavy atom. The van der Waals surface area contributed by atoms with Gasteiger partial charge in [0.15, 0.2) is 16.7 Å². The number of hydrogen-bond donors (Lipinski definition) is 1. The van der Waals surface area contributed by atoms with E-state index >= 15 is 0 Å². The number of nitrogens with one attached hydrogen (secondary N) is 1. The standard InChI is InChI=1S/C23H24ClN5O3S/c1-15(21(30)25-16-8-9-19-20(14-16)32-13-12-31-19)33-23-27-26-22(28-10-4-5-11-28)29(23)18-7-3-2-6-17(18)24/h2-3,6-9,14-15H,4-5,10-13H2,1H3,(H,25,30). The lowest BCUT2D eigenvalue weighted by atomic mass is 10.2. The second-order valence-corrected chi connectivity index (χ2v) is 9.59. The molecule has 2 aromatic carbocycles. The van der Waals surface area contributed by atoms with Crippen LogP contribution in [0.15, 0.2) is 47.6 Å². The Labute approximate surface area is 201 Å². The van der Waals surface area contributed by atoms with Gasteiger partial charge >= 0.3 is 0 Å². The van der Waals surface area contributed by atoms with Gasteiger partial charge < -0.3 is 19.7 Å². The molecule has 1 atom stereocenters. The van der Waals surface area contributed by atoms with Gasteiger partial charge in [0.25, 0.3) is 0 Å². The maximum atomic E-state index is 13.0. The molecule has 1 aromatic heterocycles. The zero-order valence-electron chi connectivity index (χ0n) is 18.2. The normalized spacial score (nSPS) is 16.0. The molecule has 2 aliphatic rings. The Balaban J connectivity index is 1.37. The van der Waals surface area contributed by atoms with Crippen LogP contribution in [0.2, 0.25) is 5.02 Å². The summed E-state index contributed by atoms with van der Waals surface area (Å²) in [7, 11) is 0. The molecule has 1 unspecified atom stereocenters. The van der Waals surface area contributed by atoms with Crippen LogP contribution < -0.4 is 19.7 Å². The highest BCUT2D eigenvalue weighted by molar-refractivity contribution is 8.00. The van der Waals surface area contributed by atoms with Gasteiger partial charge in [-0.25, -0.2) is 0 Å². The van der Waals surface area contributed by atoms with Crippen molar-refractivity contribution in [3.8, 4) is 17.2 Å². The van der Waals surface area contributed by atoms with E-state index in [0.29, 0.717) is 40.6 Å². The molecule has 1 N–H and O–H groups in total. The first kappa shape index (κ1) is 21.9. The van der Waals surface area contributed by atoms with E-state index in [4.69, 9.17) is 21.1 Å². The number of carbonyl (C=O) groups excluding carboxylic acids is 1. The minimum Gasteiger partial charge on any atom is -0.486 e. The van der Waals surface area contributed by atoms with Crippen LogP contribution in [0.5, 0.6) is 11.5 Å². The van der Waals surface area contributed by atoms with Gasteiger partial charge in [0.2, 0.25) is 11.9 Å². The SMILES string of the molecule is CC(Sc1nnc(N2CCCC2)n1-c1ccccc1Cl)C(=O)Nc1ccc2c(c1)OCCO2. The molecule has 1 saturated heterocycles. The van der Waals surface area contributed by atoms with E-state index in [1.165, 1.54) is 11.8 Å². The van der Waals surface area contributed by atoms with E-state index in [0.717, 1.165) is 37.6 Å². The summed E-state index contributed by atoms with van der Waals surface area (Å²) in [5.74, 6) is 1.92. The van der Waals surface area contributed by atoms with Crippen molar-refractivity contribution in [2.24, 2.45) is 0 Å². The molecule has 1 fully saturated rings. The maximum Gasteiger partial charge on any atom is 0.237 e. The second kappa shape index (κ2) is 9.52. The van der Waals surface area contributed by atoms with E-state index in [2.05, 4.69) is 20.4 Å². The smallest absolute Gasteiger partial charge is 0.237 e. The van der Waals surface area contributed by atoms with Crippen molar-refractivity contribution >= 4 is 40.9 Å². The number of amides is 1. The summed E-state index contributed by atoms with van der Waals surface area (Å²) in [6.07, 6.45) is 2.23. The first-order valence-corrected chi connectivity index (χ1v) is 12.2. The number of ether oxygens (including phenoxy) is 2. The van der Waals surface area contributed by atoms with E-state index in [1.807, 2.05) is 35.8 Å². The van der Waals surface area contributed by atoms with Crippen molar-refractivity contribution in [2.45, 2.75) is 30.2 Å². The summed E-state index contributed by atoms with van der Waals surface area (Å²) in [6, 6.07) is 13.0. The molecule has 0 aliphatic carbocycles. The molecule has 0 spiro atoms. The number of para-hydroxylation sites is 1. The lowest BCUT2D eigenvalue weighted by molar-refractivity contribution is -0.115. The van der Waals surface area contributed by atoms with Crippen molar-refractivity contribution in [2.75, 3.05) is 36.5 Å². The predicted molar refractivity (Wildman–Crippen MR) is 129 cm³/mol. The maximum absolute atomic E-state index is 13.0. The summed E-state index contributed by atoms with van der Waals surface area (Å²) in [4.78, 5) is 15.2. The molecule has 1 amide bonds. The number of nitrogens with zero attached hydrogens (tertiary/aromatic N) is 4. The van der Waals surface area contributed by atoms with Gasteiger partial charge in [-0.15, -0.1) is 10.2 Å². The first-order chi connectivity index (χ1) is 16.1. The van der Waals surface area contributed by atoms with Crippen LogP contribution in [0.4, 0.5) is 11.6 Å². The predicted octanol–water partition coefficient (Wildman–Crippen LogP) is 4.41. The fourth-order valence-electron chi connectivity index (χ4n) is 3.88. The second-order valence-electron chi connectivity index (χ2n) is 7.87. The van der Waals surface area contributed by atoms with Crippen LogP contribution in [-0.2, 0) is 4.79 Å². The number of hydrogen-bond acceptors (Lipinski definition) is 7. The van der Waals surface area contributed by atoms with Crippen LogP contribution in [0.25, 0.3) is 5.69 Å².